The Balaban J connectivity index is 1.78. The standard InChI is InChI=1S/C21H20F3N5O3/c1-12(26-15-4-2-6-25-18(15)20(31)32)14-8-13(22)10-29-17(30)9-16(27-19(14)29)28-7-3-5-21(23,24)11-28/h2,4,6,8-10,12,26H,3,5,7,11H2,1H3,(H,31,32)/t12-/m1/s1. The average Bonchev–Trinajstić information content (AvgIpc) is 2.73. The van der Waals surface area contributed by atoms with Gasteiger partial charge >= 0.3 is 5.97 Å². The van der Waals surface area contributed by atoms with Crippen LogP contribution in [0, 0.1) is 5.82 Å². The Morgan fingerprint density at radius 1 is 1.34 bits per heavy atom. The number of alkyl halides is 2. The number of aromatic nitrogens is 3. The first kappa shape index (κ1) is 21.6. The number of aromatic carboxylic acids is 1. The third kappa shape index (κ3) is 4.23. The molecule has 0 amide bonds. The average molecular weight is 447 g/mol. The quantitative estimate of drug-likeness (QED) is 0.619. The van der Waals surface area contributed by atoms with Crippen LogP contribution in [0.1, 0.15) is 41.9 Å². The number of rotatable bonds is 5. The summed E-state index contributed by atoms with van der Waals surface area (Å²) >= 11 is 0. The van der Waals surface area contributed by atoms with Gasteiger partial charge in [-0.3, -0.25) is 9.20 Å². The first-order chi connectivity index (χ1) is 15.1. The molecule has 168 valence electrons. The van der Waals surface area contributed by atoms with E-state index in [0.717, 1.165) is 16.7 Å². The first-order valence-electron chi connectivity index (χ1n) is 9.95. The van der Waals surface area contributed by atoms with Crippen molar-refractivity contribution in [3.8, 4) is 0 Å². The van der Waals surface area contributed by atoms with Gasteiger partial charge in [0.15, 0.2) is 5.69 Å². The lowest BCUT2D eigenvalue weighted by atomic mass is 10.1. The molecule has 0 bridgehead atoms. The van der Waals surface area contributed by atoms with Crippen LogP contribution in [-0.2, 0) is 0 Å². The van der Waals surface area contributed by atoms with Gasteiger partial charge in [0.25, 0.3) is 11.5 Å². The van der Waals surface area contributed by atoms with Crippen molar-refractivity contribution in [3.05, 3.63) is 64.1 Å². The molecular weight excluding hydrogens is 427 g/mol. The number of hydrogen-bond donors (Lipinski definition) is 2. The van der Waals surface area contributed by atoms with Crippen molar-refractivity contribution >= 4 is 23.1 Å². The number of hydrogen-bond acceptors (Lipinski definition) is 6. The monoisotopic (exact) mass is 447 g/mol. The maximum Gasteiger partial charge on any atom is 0.356 e. The van der Waals surface area contributed by atoms with Crippen LogP contribution in [0.3, 0.4) is 0 Å². The number of nitrogens with one attached hydrogen (secondary N) is 1. The summed E-state index contributed by atoms with van der Waals surface area (Å²) in [5, 5.41) is 12.3. The van der Waals surface area contributed by atoms with Gasteiger partial charge in [-0.15, -0.1) is 0 Å². The molecule has 3 aromatic rings. The van der Waals surface area contributed by atoms with E-state index in [1.807, 2.05) is 0 Å². The molecule has 11 heteroatoms. The van der Waals surface area contributed by atoms with Crippen molar-refractivity contribution in [2.75, 3.05) is 23.3 Å². The third-order valence-corrected chi connectivity index (χ3v) is 5.31. The number of halogens is 3. The number of piperidine rings is 1. The molecule has 0 aliphatic carbocycles. The highest BCUT2D eigenvalue weighted by Gasteiger charge is 2.36. The molecule has 1 fully saturated rings. The highest BCUT2D eigenvalue weighted by atomic mass is 19.3. The number of anilines is 2. The van der Waals surface area contributed by atoms with Gasteiger partial charge in [0.05, 0.1) is 18.3 Å². The fourth-order valence-corrected chi connectivity index (χ4v) is 3.83. The zero-order valence-electron chi connectivity index (χ0n) is 17.1. The number of fused-ring (bicyclic) bond motifs is 1. The first-order valence-corrected chi connectivity index (χ1v) is 9.95. The Labute approximate surface area is 180 Å². The normalized spacial score (nSPS) is 16.7. The molecule has 32 heavy (non-hydrogen) atoms. The fourth-order valence-electron chi connectivity index (χ4n) is 3.83. The highest BCUT2D eigenvalue weighted by molar-refractivity contribution is 5.91. The van der Waals surface area contributed by atoms with Crippen molar-refractivity contribution in [2.24, 2.45) is 0 Å². The van der Waals surface area contributed by atoms with E-state index in [2.05, 4.69) is 15.3 Å². The summed E-state index contributed by atoms with van der Waals surface area (Å²) in [5.41, 5.74) is -0.290. The Morgan fingerprint density at radius 3 is 2.84 bits per heavy atom. The van der Waals surface area contributed by atoms with E-state index < -0.39 is 35.9 Å². The van der Waals surface area contributed by atoms with Crippen LogP contribution >= 0.6 is 0 Å². The second kappa shape index (κ2) is 8.13. The van der Waals surface area contributed by atoms with Crippen molar-refractivity contribution in [2.45, 2.75) is 31.7 Å². The maximum absolute atomic E-state index is 14.3. The van der Waals surface area contributed by atoms with Gasteiger partial charge in [-0.1, -0.05) is 0 Å². The van der Waals surface area contributed by atoms with Crippen LogP contribution in [0.25, 0.3) is 5.65 Å². The minimum Gasteiger partial charge on any atom is -0.476 e. The summed E-state index contributed by atoms with van der Waals surface area (Å²) < 4.78 is 43.1. The lowest BCUT2D eigenvalue weighted by Gasteiger charge is -2.33. The number of nitrogens with zero attached hydrogens (tertiary/aromatic N) is 4. The molecule has 0 saturated carbocycles. The highest BCUT2D eigenvalue weighted by Crippen LogP contribution is 2.30. The van der Waals surface area contributed by atoms with Crippen LogP contribution in [0.5, 0.6) is 0 Å². The zero-order chi connectivity index (χ0) is 23.0. The predicted octanol–water partition coefficient (Wildman–Crippen LogP) is 3.34. The van der Waals surface area contributed by atoms with E-state index in [1.54, 1.807) is 13.0 Å². The second-order valence-corrected chi connectivity index (χ2v) is 7.71. The van der Waals surface area contributed by atoms with E-state index in [-0.39, 0.29) is 41.3 Å². The van der Waals surface area contributed by atoms with Crippen molar-refractivity contribution in [3.63, 3.8) is 0 Å². The van der Waals surface area contributed by atoms with Crippen molar-refractivity contribution in [1.29, 1.82) is 0 Å². The summed E-state index contributed by atoms with van der Waals surface area (Å²) in [4.78, 5) is 33.7. The Morgan fingerprint density at radius 2 is 2.12 bits per heavy atom. The summed E-state index contributed by atoms with van der Waals surface area (Å²) in [6.07, 6.45) is 2.33. The number of pyridine rings is 2. The second-order valence-electron chi connectivity index (χ2n) is 7.71. The van der Waals surface area contributed by atoms with Gasteiger partial charge in [0.1, 0.15) is 17.3 Å². The molecule has 0 unspecified atom stereocenters. The minimum atomic E-state index is -2.89. The molecule has 1 atom stereocenters. The molecule has 0 spiro atoms. The summed E-state index contributed by atoms with van der Waals surface area (Å²) in [7, 11) is 0. The number of carboxylic acids is 1. The van der Waals surface area contributed by atoms with Crippen LogP contribution in [-0.4, -0.2) is 44.5 Å². The SMILES string of the molecule is C[C@@H](Nc1cccnc1C(=O)O)c1cc(F)cn2c(=O)cc(N3CCCC(F)(F)C3)nc12. The Bertz CT molecular complexity index is 1250. The number of carboxylic acid groups (broad SMARTS) is 1. The molecule has 0 radical (unpaired) electrons. The molecular formula is C21H20F3N5O3. The molecule has 4 rings (SSSR count). The van der Waals surface area contributed by atoms with Crippen molar-refractivity contribution in [1.82, 2.24) is 14.4 Å². The third-order valence-electron chi connectivity index (χ3n) is 5.31. The maximum atomic E-state index is 14.3. The van der Waals surface area contributed by atoms with E-state index in [0.29, 0.717) is 6.54 Å². The molecule has 2 N–H and O–H groups in total. The molecule has 3 aromatic heterocycles. The molecule has 1 aliphatic rings. The van der Waals surface area contributed by atoms with Crippen molar-refractivity contribution < 1.29 is 23.1 Å². The minimum absolute atomic E-state index is 0.0852. The van der Waals surface area contributed by atoms with E-state index in [9.17, 15) is 27.9 Å². The van der Waals surface area contributed by atoms with Gasteiger partial charge in [-0.05, 0) is 31.5 Å². The van der Waals surface area contributed by atoms with E-state index >= 15 is 0 Å². The summed E-state index contributed by atoms with van der Waals surface area (Å²) in [6.45, 7) is 1.40. The van der Waals surface area contributed by atoms with E-state index in [1.165, 1.54) is 23.2 Å². The lowest BCUT2D eigenvalue weighted by Crippen LogP contribution is -2.43. The van der Waals surface area contributed by atoms with Gasteiger partial charge in [-0.2, -0.15) is 0 Å². The predicted molar refractivity (Wildman–Crippen MR) is 111 cm³/mol. The zero-order valence-corrected chi connectivity index (χ0v) is 17.1. The van der Waals surface area contributed by atoms with Gasteiger partial charge in [-0.25, -0.2) is 27.9 Å². The van der Waals surface area contributed by atoms with Crippen LogP contribution in [0.2, 0.25) is 0 Å². The van der Waals surface area contributed by atoms with Gasteiger partial charge in [0.2, 0.25) is 0 Å². The van der Waals surface area contributed by atoms with Gasteiger partial charge < -0.3 is 15.3 Å². The molecule has 1 aliphatic heterocycles. The topological polar surface area (TPSA) is 99.8 Å². The molecule has 1 saturated heterocycles. The molecule has 0 aromatic carbocycles. The summed E-state index contributed by atoms with van der Waals surface area (Å²) in [5.74, 6) is -4.75. The number of carbonyl (C=O) groups is 1. The summed E-state index contributed by atoms with van der Waals surface area (Å²) in [6, 6.07) is 4.65. The van der Waals surface area contributed by atoms with Crippen LogP contribution in [0.15, 0.2) is 41.5 Å². The van der Waals surface area contributed by atoms with E-state index in [4.69, 9.17) is 0 Å². The smallest absolute Gasteiger partial charge is 0.356 e. The van der Waals surface area contributed by atoms with Gasteiger partial charge in [0, 0.05) is 37.0 Å². The fraction of sp³-hybridized carbons (Fsp3) is 0.333. The Kier molecular flexibility index (Phi) is 5.49. The molecule has 4 heterocycles. The Hall–Kier alpha value is -3.63. The molecule has 8 nitrogen and oxygen atoms in total. The van der Waals surface area contributed by atoms with Crippen LogP contribution < -0.4 is 15.8 Å². The lowest BCUT2D eigenvalue weighted by molar-refractivity contribution is -0.0118. The largest absolute Gasteiger partial charge is 0.476 e. The van der Waals surface area contributed by atoms with Crippen LogP contribution in [0.4, 0.5) is 24.7 Å².